The van der Waals surface area contributed by atoms with Crippen molar-refractivity contribution in [1.82, 2.24) is 4.98 Å². The predicted octanol–water partition coefficient (Wildman–Crippen LogP) is 3.64. The summed E-state index contributed by atoms with van der Waals surface area (Å²) in [5.74, 6) is 0.161. The molecule has 0 saturated heterocycles. The second-order valence-corrected chi connectivity index (χ2v) is 3.92. The molecule has 1 aromatic carbocycles. The molecule has 1 heterocycles. The van der Waals surface area contributed by atoms with Gasteiger partial charge in [0, 0.05) is 12.3 Å². The van der Waals surface area contributed by atoms with E-state index >= 15 is 0 Å². The molecule has 0 N–H and O–H groups in total. The van der Waals surface area contributed by atoms with Crippen LogP contribution >= 0.6 is 0 Å². The molecule has 0 amide bonds. The first-order valence-corrected chi connectivity index (χ1v) is 5.59. The Morgan fingerprint density at radius 1 is 1.00 bits per heavy atom. The van der Waals surface area contributed by atoms with Crippen LogP contribution in [0.3, 0.4) is 0 Å². The normalized spacial score (nSPS) is 10.5. The van der Waals surface area contributed by atoms with Gasteiger partial charge >= 0.3 is 6.18 Å². The summed E-state index contributed by atoms with van der Waals surface area (Å²) in [6.07, 6.45) is -3.81. The van der Waals surface area contributed by atoms with Crippen LogP contribution in [-0.2, 0) is 6.18 Å². The van der Waals surface area contributed by atoms with Crippen molar-refractivity contribution in [1.29, 1.82) is 10.5 Å². The molecule has 104 valence electrons. The van der Waals surface area contributed by atoms with Gasteiger partial charge < -0.3 is 4.74 Å². The Kier molecular flexibility index (Phi) is 3.77. The van der Waals surface area contributed by atoms with Crippen molar-refractivity contribution in [3.05, 3.63) is 53.2 Å². The highest BCUT2D eigenvalue weighted by Gasteiger charge is 2.30. The second-order valence-electron chi connectivity index (χ2n) is 3.92. The molecule has 7 heteroatoms. The Morgan fingerprint density at radius 2 is 1.71 bits per heavy atom. The van der Waals surface area contributed by atoms with Crippen molar-refractivity contribution in [2.75, 3.05) is 0 Å². The third-order valence-electron chi connectivity index (χ3n) is 2.52. The quantitative estimate of drug-likeness (QED) is 0.846. The van der Waals surface area contributed by atoms with Crippen LogP contribution in [0, 0.1) is 22.7 Å². The van der Waals surface area contributed by atoms with Gasteiger partial charge in [0.25, 0.3) is 0 Å². The molecule has 0 aliphatic carbocycles. The van der Waals surface area contributed by atoms with Crippen LogP contribution in [0.5, 0.6) is 11.6 Å². The maximum absolute atomic E-state index is 12.4. The van der Waals surface area contributed by atoms with Crippen molar-refractivity contribution in [3.8, 4) is 23.8 Å². The van der Waals surface area contributed by atoms with Crippen molar-refractivity contribution in [2.24, 2.45) is 0 Å². The van der Waals surface area contributed by atoms with Gasteiger partial charge in [0.05, 0.1) is 16.7 Å². The zero-order valence-corrected chi connectivity index (χ0v) is 10.3. The minimum absolute atomic E-state index is 0.0448. The lowest BCUT2D eigenvalue weighted by Gasteiger charge is -2.08. The number of hydrogen-bond acceptors (Lipinski definition) is 4. The maximum Gasteiger partial charge on any atom is 0.417 e. The molecule has 0 aliphatic heterocycles. The van der Waals surface area contributed by atoms with Crippen LogP contribution in [0.1, 0.15) is 16.7 Å². The monoisotopic (exact) mass is 289 g/mol. The van der Waals surface area contributed by atoms with E-state index in [0.717, 1.165) is 12.1 Å². The number of halogens is 3. The molecule has 0 radical (unpaired) electrons. The fourth-order valence-electron chi connectivity index (χ4n) is 1.51. The van der Waals surface area contributed by atoms with Crippen molar-refractivity contribution in [3.63, 3.8) is 0 Å². The molecule has 0 aliphatic rings. The van der Waals surface area contributed by atoms with E-state index in [-0.39, 0.29) is 22.8 Å². The summed E-state index contributed by atoms with van der Waals surface area (Å²) in [5, 5.41) is 17.6. The summed E-state index contributed by atoms with van der Waals surface area (Å²) in [5.41, 5.74) is -0.584. The van der Waals surface area contributed by atoms with E-state index < -0.39 is 11.7 Å². The zero-order chi connectivity index (χ0) is 15.5. The molecular weight excluding hydrogens is 283 g/mol. The predicted molar refractivity (Wildman–Crippen MR) is 65.2 cm³/mol. The van der Waals surface area contributed by atoms with Crippen molar-refractivity contribution < 1.29 is 17.9 Å². The Morgan fingerprint density at radius 3 is 2.24 bits per heavy atom. The molecular formula is C14H6F3N3O. The molecule has 21 heavy (non-hydrogen) atoms. The number of hydrogen-bond donors (Lipinski definition) is 0. The van der Waals surface area contributed by atoms with Gasteiger partial charge in [-0.25, -0.2) is 4.98 Å². The van der Waals surface area contributed by atoms with Gasteiger partial charge in [0.2, 0.25) is 5.88 Å². The van der Waals surface area contributed by atoms with Crippen LogP contribution in [0.2, 0.25) is 0 Å². The third-order valence-corrected chi connectivity index (χ3v) is 2.52. The van der Waals surface area contributed by atoms with Gasteiger partial charge in [0.15, 0.2) is 0 Å². The molecule has 0 bridgehead atoms. The maximum atomic E-state index is 12.4. The largest absolute Gasteiger partial charge is 0.439 e. The summed E-state index contributed by atoms with van der Waals surface area (Å²) >= 11 is 0. The summed E-state index contributed by atoms with van der Waals surface area (Å²) < 4.78 is 42.4. The Balaban J connectivity index is 2.23. The molecule has 2 aromatic rings. The Bertz CT molecular complexity index is 740. The Labute approximate surface area is 117 Å². The highest BCUT2D eigenvalue weighted by Crippen LogP contribution is 2.30. The smallest absolute Gasteiger partial charge is 0.417 e. The molecule has 0 unspecified atom stereocenters. The van der Waals surface area contributed by atoms with Crippen LogP contribution in [0.4, 0.5) is 13.2 Å². The van der Waals surface area contributed by atoms with E-state index in [0.29, 0.717) is 6.20 Å². The van der Waals surface area contributed by atoms with Gasteiger partial charge in [0.1, 0.15) is 17.9 Å². The number of rotatable bonds is 2. The number of nitrogens with zero attached hydrogens (tertiary/aromatic N) is 3. The van der Waals surface area contributed by atoms with Gasteiger partial charge in [-0.1, -0.05) is 0 Å². The third kappa shape index (κ3) is 3.28. The lowest BCUT2D eigenvalue weighted by atomic mass is 10.1. The summed E-state index contributed by atoms with van der Waals surface area (Å²) in [6, 6.07) is 9.73. The number of benzene rings is 1. The second kappa shape index (κ2) is 5.51. The molecule has 4 nitrogen and oxygen atoms in total. The van der Waals surface area contributed by atoms with E-state index in [4.69, 9.17) is 15.3 Å². The highest BCUT2D eigenvalue weighted by molar-refractivity contribution is 5.49. The van der Waals surface area contributed by atoms with E-state index in [1.54, 1.807) is 0 Å². The highest BCUT2D eigenvalue weighted by atomic mass is 19.4. The molecule has 0 atom stereocenters. The SMILES string of the molecule is N#Cc1ccc(Oc2ccc(C(F)(F)F)cn2)cc1C#N. The number of aromatic nitrogens is 1. The van der Waals surface area contributed by atoms with Crippen molar-refractivity contribution in [2.45, 2.75) is 6.18 Å². The standard InChI is InChI=1S/C14H6F3N3O/c15-14(16,17)11-2-4-13(20-8-11)21-12-3-1-9(6-18)10(5-12)7-19/h1-5,8H. The molecule has 0 saturated carbocycles. The topological polar surface area (TPSA) is 69.7 Å². The minimum Gasteiger partial charge on any atom is -0.439 e. The van der Waals surface area contributed by atoms with E-state index in [1.165, 1.54) is 18.2 Å². The first kappa shape index (κ1) is 14.4. The fraction of sp³-hybridized carbons (Fsp3) is 0.0714. The van der Waals surface area contributed by atoms with Gasteiger partial charge in [-0.3, -0.25) is 0 Å². The molecule has 0 fully saturated rings. The number of nitriles is 2. The number of ether oxygens (including phenoxy) is 1. The first-order chi connectivity index (χ1) is 9.94. The number of alkyl halides is 3. The molecule has 1 aromatic heterocycles. The van der Waals surface area contributed by atoms with Gasteiger partial charge in [-0.15, -0.1) is 0 Å². The van der Waals surface area contributed by atoms with E-state index in [1.807, 2.05) is 12.1 Å². The lowest BCUT2D eigenvalue weighted by Crippen LogP contribution is -2.05. The van der Waals surface area contributed by atoms with Gasteiger partial charge in [-0.2, -0.15) is 23.7 Å². The zero-order valence-electron chi connectivity index (χ0n) is 10.3. The average Bonchev–Trinajstić information content (AvgIpc) is 2.46. The van der Waals surface area contributed by atoms with Crippen LogP contribution < -0.4 is 4.74 Å². The van der Waals surface area contributed by atoms with Crippen molar-refractivity contribution >= 4 is 0 Å². The molecule has 2 rings (SSSR count). The average molecular weight is 289 g/mol. The summed E-state index contributed by atoms with van der Waals surface area (Å²) in [7, 11) is 0. The van der Waals surface area contributed by atoms with Gasteiger partial charge in [-0.05, 0) is 24.3 Å². The minimum atomic E-state index is -4.46. The summed E-state index contributed by atoms with van der Waals surface area (Å²) in [4.78, 5) is 3.55. The lowest BCUT2D eigenvalue weighted by molar-refractivity contribution is -0.137. The first-order valence-electron chi connectivity index (χ1n) is 5.59. The van der Waals surface area contributed by atoms with Crippen LogP contribution in [0.25, 0.3) is 0 Å². The van der Waals surface area contributed by atoms with E-state index in [9.17, 15) is 13.2 Å². The number of pyridine rings is 1. The van der Waals surface area contributed by atoms with Crippen LogP contribution in [-0.4, -0.2) is 4.98 Å². The van der Waals surface area contributed by atoms with Crippen LogP contribution in [0.15, 0.2) is 36.5 Å². The fourth-order valence-corrected chi connectivity index (χ4v) is 1.51. The molecule has 0 spiro atoms. The summed E-state index contributed by atoms with van der Waals surface area (Å²) in [6.45, 7) is 0. The Hall–Kier alpha value is -3.06. The van der Waals surface area contributed by atoms with E-state index in [2.05, 4.69) is 4.98 Å².